The minimum atomic E-state index is -1.31. The van der Waals surface area contributed by atoms with Crippen LogP contribution in [0.2, 0.25) is 0 Å². The lowest BCUT2D eigenvalue weighted by atomic mass is 10.1. The van der Waals surface area contributed by atoms with Crippen molar-refractivity contribution in [2.24, 2.45) is 0 Å². The van der Waals surface area contributed by atoms with E-state index >= 15 is 0 Å². The van der Waals surface area contributed by atoms with E-state index in [0.717, 1.165) is 17.4 Å². The molecule has 0 radical (unpaired) electrons. The Balaban J connectivity index is 1.87. The van der Waals surface area contributed by atoms with Crippen LogP contribution < -0.4 is 5.32 Å². The molecule has 1 heterocycles. The van der Waals surface area contributed by atoms with Gasteiger partial charge in [0.05, 0.1) is 0 Å². The highest BCUT2D eigenvalue weighted by Crippen LogP contribution is 2.31. The fourth-order valence-electron chi connectivity index (χ4n) is 2.35. The van der Waals surface area contributed by atoms with Gasteiger partial charge in [-0.1, -0.05) is 30.3 Å². The summed E-state index contributed by atoms with van der Waals surface area (Å²) >= 11 is 1.08. The van der Waals surface area contributed by atoms with Crippen molar-refractivity contribution in [1.29, 1.82) is 0 Å². The van der Waals surface area contributed by atoms with E-state index in [0.29, 0.717) is 15.3 Å². The van der Waals surface area contributed by atoms with Crippen LogP contribution in [0.4, 0.5) is 8.78 Å². The molecule has 0 aliphatic rings. The Bertz CT molecular complexity index is 1030. The number of rotatable bonds is 5. The molecule has 27 heavy (non-hydrogen) atoms. The number of carboxylic acids is 1. The molecule has 3 rings (SSSR count). The Morgan fingerprint density at radius 1 is 0.963 bits per heavy atom. The Morgan fingerprint density at radius 2 is 1.70 bits per heavy atom. The number of carbonyl (C=O) groups excluding carboxylic acids is 1. The van der Waals surface area contributed by atoms with E-state index in [1.165, 1.54) is 18.2 Å². The molecular weight excluding hydrogens is 372 g/mol. The van der Waals surface area contributed by atoms with E-state index in [1.54, 1.807) is 42.5 Å². The Hall–Kier alpha value is -3.32. The topological polar surface area (TPSA) is 66.4 Å². The second-order valence-electron chi connectivity index (χ2n) is 5.49. The summed E-state index contributed by atoms with van der Waals surface area (Å²) in [5, 5.41) is 11.7. The molecule has 0 atom stereocenters. The van der Waals surface area contributed by atoms with Gasteiger partial charge in [0.1, 0.15) is 5.70 Å². The molecule has 0 aliphatic heterocycles. The maximum Gasteiger partial charge on any atom is 0.352 e. The van der Waals surface area contributed by atoms with E-state index in [-0.39, 0.29) is 11.3 Å². The van der Waals surface area contributed by atoms with Crippen LogP contribution in [0, 0.1) is 11.6 Å². The van der Waals surface area contributed by atoms with Crippen molar-refractivity contribution in [1.82, 2.24) is 5.32 Å². The number of nitrogens with one attached hydrogen (secondary N) is 1. The number of carbonyl (C=O) groups is 2. The Morgan fingerprint density at radius 3 is 2.41 bits per heavy atom. The van der Waals surface area contributed by atoms with E-state index in [1.807, 2.05) is 0 Å². The minimum Gasteiger partial charge on any atom is -0.477 e. The van der Waals surface area contributed by atoms with Crippen molar-refractivity contribution < 1.29 is 23.5 Å². The van der Waals surface area contributed by atoms with Gasteiger partial charge < -0.3 is 10.4 Å². The van der Waals surface area contributed by atoms with E-state index in [9.17, 15) is 23.5 Å². The monoisotopic (exact) mass is 385 g/mol. The molecule has 1 aromatic heterocycles. The molecule has 4 nitrogen and oxygen atoms in total. The molecule has 3 aromatic rings. The third-order valence-electron chi connectivity index (χ3n) is 3.65. The molecule has 0 fully saturated rings. The van der Waals surface area contributed by atoms with Crippen LogP contribution in [0.5, 0.6) is 0 Å². The van der Waals surface area contributed by atoms with E-state index < -0.39 is 23.5 Å². The lowest BCUT2D eigenvalue weighted by molar-refractivity contribution is -0.132. The highest BCUT2D eigenvalue weighted by molar-refractivity contribution is 7.16. The summed E-state index contributed by atoms with van der Waals surface area (Å²) in [6, 6.07) is 15.2. The van der Waals surface area contributed by atoms with E-state index in [2.05, 4.69) is 5.32 Å². The molecular formula is C20H13F2NO3S. The molecule has 1 amide bonds. The van der Waals surface area contributed by atoms with Crippen LogP contribution >= 0.6 is 11.3 Å². The molecule has 136 valence electrons. The molecule has 0 aliphatic carbocycles. The van der Waals surface area contributed by atoms with Crippen LogP contribution in [-0.2, 0) is 4.79 Å². The molecule has 0 bridgehead atoms. The van der Waals surface area contributed by atoms with Crippen molar-refractivity contribution in [3.05, 3.63) is 88.4 Å². The van der Waals surface area contributed by atoms with Gasteiger partial charge in [-0.15, -0.1) is 11.3 Å². The fourth-order valence-corrected chi connectivity index (χ4v) is 3.32. The van der Waals surface area contributed by atoms with Gasteiger partial charge in [-0.3, -0.25) is 4.79 Å². The number of amides is 1. The molecule has 2 aromatic carbocycles. The lowest BCUT2D eigenvalue weighted by Crippen LogP contribution is -2.27. The number of carboxylic acid groups (broad SMARTS) is 1. The zero-order valence-electron chi connectivity index (χ0n) is 13.8. The molecule has 7 heteroatoms. The molecule has 0 unspecified atom stereocenters. The number of hydrogen-bond donors (Lipinski definition) is 2. The third-order valence-corrected chi connectivity index (χ3v) is 4.71. The lowest BCUT2D eigenvalue weighted by Gasteiger charge is -2.05. The minimum absolute atomic E-state index is 0.0878. The predicted octanol–water partition coefficient (Wildman–Crippen LogP) is 4.55. The maximum atomic E-state index is 13.9. The zero-order chi connectivity index (χ0) is 19.4. The van der Waals surface area contributed by atoms with Crippen LogP contribution in [0.1, 0.15) is 15.2 Å². The first kappa shape index (κ1) is 18.5. The smallest absolute Gasteiger partial charge is 0.352 e. The highest BCUT2D eigenvalue weighted by atomic mass is 32.1. The quantitative estimate of drug-likeness (QED) is 0.634. The van der Waals surface area contributed by atoms with Gasteiger partial charge in [-0.25, -0.2) is 13.6 Å². The van der Waals surface area contributed by atoms with Gasteiger partial charge in [0.15, 0.2) is 11.6 Å². The summed E-state index contributed by atoms with van der Waals surface area (Å²) < 4.78 is 27.3. The molecule has 0 saturated heterocycles. The first-order valence-electron chi connectivity index (χ1n) is 7.81. The summed E-state index contributed by atoms with van der Waals surface area (Å²) in [5.41, 5.74) is 0.0835. The van der Waals surface area contributed by atoms with Crippen molar-refractivity contribution in [2.45, 2.75) is 0 Å². The molecule has 0 spiro atoms. The van der Waals surface area contributed by atoms with Gasteiger partial charge >= 0.3 is 5.97 Å². The number of hydrogen-bond acceptors (Lipinski definition) is 3. The van der Waals surface area contributed by atoms with Crippen molar-refractivity contribution in [3.63, 3.8) is 0 Å². The van der Waals surface area contributed by atoms with Gasteiger partial charge in [-0.05, 0) is 36.4 Å². The average Bonchev–Trinajstić information content (AvgIpc) is 3.12. The van der Waals surface area contributed by atoms with Gasteiger partial charge in [-0.2, -0.15) is 0 Å². The summed E-state index contributed by atoms with van der Waals surface area (Å²) in [4.78, 5) is 24.5. The zero-order valence-corrected chi connectivity index (χ0v) is 14.6. The van der Waals surface area contributed by atoms with Crippen LogP contribution in [-0.4, -0.2) is 17.0 Å². The summed E-state index contributed by atoms with van der Waals surface area (Å²) in [5.74, 6) is -3.80. The number of benzene rings is 2. The second-order valence-corrected chi connectivity index (χ2v) is 6.60. The SMILES string of the molecule is O=C(O)C(=Cc1ccc(-c2cccc(F)c2F)s1)NC(=O)c1ccccc1. The maximum absolute atomic E-state index is 13.9. The summed E-state index contributed by atoms with van der Waals surface area (Å²) in [7, 11) is 0. The first-order valence-corrected chi connectivity index (χ1v) is 8.63. The highest BCUT2D eigenvalue weighted by Gasteiger charge is 2.15. The second kappa shape index (κ2) is 7.92. The van der Waals surface area contributed by atoms with Crippen LogP contribution in [0.15, 0.2) is 66.4 Å². The summed E-state index contributed by atoms with van der Waals surface area (Å²) in [6.45, 7) is 0. The van der Waals surface area contributed by atoms with E-state index in [4.69, 9.17) is 0 Å². The predicted molar refractivity (Wildman–Crippen MR) is 99.2 cm³/mol. The number of aliphatic carboxylic acids is 1. The van der Waals surface area contributed by atoms with Crippen molar-refractivity contribution in [3.8, 4) is 10.4 Å². The number of thiophene rings is 1. The first-order chi connectivity index (χ1) is 13.0. The Labute approximate surface area is 157 Å². The normalized spacial score (nSPS) is 11.3. The largest absolute Gasteiger partial charge is 0.477 e. The fraction of sp³-hybridized carbons (Fsp3) is 0. The summed E-state index contributed by atoms with van der Waals surface area (Å²) in [6.07, 6.45) is 1.27. The standard InChI is InChI=1S/C20H13F2NO3S/c21-15-8-4-7-14(18(15)22)17-10-9-13(27-17)11-16(20(25)26)23-19(24)12-5-2-1-3-6-12/h1-11H,(H,23,24)(H,25,26). The average molecular weight is 385 g/mol. The van der Waals surface area contributed by atoms with Gasteiger partial charge in [0, 0.05) is 20.9 Å². The third kappa shape index (κ3) is 4.27. The van der Waals surface area contributed by atoms with Crippen molar-refractivity contribution >= 4 is 29.3 Å². The number of halogens is 2. The van der Waals surface area contributed by atoms with Gasteiger partial charge in [0.25, 0.3) is 5.91 Å². The van der Waals surface area contributed by atoms with Crippen LogP contribution in [0.3, 0.4) is 0 Å². The van der Waals surface area contributed by atoms with Crippen LogP contribution in [0.25, 0.3) is 16.5 Å². The Kier molecular flexibility index (Phi) is 5.42. The molecule has 2 N–H and O–H groups in total. The van der Waals surface area contributed by atoms with Gasteiger partial charge in [0.2, 0.25) is 0 Å². The van der Waals surface area contributed by atoms with Crippen molar-refractivity contribution in [2.75, 3.05) is 0 Å². The molecule has 0 saturated carbocycles.